The average molecular weight is 610 g/mol. The normalized spacial score (nSPS) is 41.8. The molecule has 2 aliphatic heterocycles. The largest absolute Gasteiger partial charge is 0.395 e. The maximum Gasteiger partial charge on any atom is 0.249 e. The van der Waals surface area contributed by atoms with Crippen molar-refractivity contribution >= 4 is 5.91 Å². The lowest BCUT2D eigenvalue weighted by Crippen LogP contribution is -2.68. The second-order valence-electron chi connectivity index (χ2n) is 11.3. The van der Waals surface area contributed by atoms with Gasteiger partial charge in [-0.3, -0.25) is 4.79 Å². The van der Waals surface area contributed by atoms with Crippen LogP contribution in [-0.4, -0.2) is 150 Å². The van der Waals surface area contributed by atoms with E-state index >= 15 is 0 Å². The molecule has 1 amide bonds. The molecule has 2 heterocycles. The van der Waals surface area contributed by atoms with E-state index in [-0.39, 0.29) is 51.7 Å². The summed E-state index contributed by atoms with van der Waals surface area (Å²) < 4.78 is 24.4. The molecule has 17 nitrogen and oxygen atoms in total. The van der Waals surface area contributed by atoms with Crippen LogP contribution in [0, 0.1) is 5.92 Å². The first-order chi connectivity index (χ1) is 20.1. The zero-order valence-corrected chi connectivity index (χ0v) is 23.8. The molecule has 0 radical (unpaired) electrons. The minimum absolute atomic E-state index is 0.0257. The van der Waals surface area contributed by atoms with Crippen LogP contribution in [0.1, 0.15) is 25.7 Å². The molecular weight excluding hydrogens is 558 g/mol. The van der Waals surface area contributed by atoms with E-state index in [1.54, 1.807) is 0 Å². The van der Waals surface area contributed by atoms with E-state index in [0.29, 0.717) is 12.8 Å². The summed E-state index contributed by atoms with van der Waals surface area (Å²) in [5.74, 6) is -1.35. The van der Waals surface area contributed by atoms with Crippen LogP contribution in [0.25, 0.3) is 0 Å². The summed E-state index contributed by atoms with van der Waals surface area (Å²) in [6.45, 7) is 0.00649. The Labute approximate surface area is 245 Å². The molecule has 0 aromatic heterocycles. The first kappa shape index (κ1) is 35.4. The monoisotopic (exact) mass is 609 g/mol. The summed E-state index contributed by atoms with van der Waals surface area (Å²) in [7, 11) is 0. The quantitative estimate of drug-likeness (QED) is 0.0814. The maximum atomic E-state index is 12.9. The van der Waals surface area contributed by atoms with Crippen molar-refractivity contribution in [3.05, 3.63) is 0 Å². The number of carbonyl (C=O) groups is 1. The minimum Gasteiger partial charge on any atom is -0.395 e. The predicted octanol–water partition coefficient (Wildman–Crippen LogP) is -6.56. The van der Waals surface area contributed by atoms with Gasteiger partial charge < -0.3 is 83.8 Å². The van der Waals surface area contributed by atoms with E-state index < -0.39 is 91.8 Å². The van der Waals surface area contributed by atoms with Gasteiger partial charge in [-0.2, -0.15) is 0 Å². The number of ether oxygens (including phenoxy) is 4. The van der Waals surface area contributed by atoms with Crippen LogP contribution in [0.5, 0.6) is 0 Å². The number of nitrogens with two attached hydrogens (primary N) is 5. The fourth-order valence-electron chi connectivity index (χ4n) is 5.77. The number of rotatable bonds is 14. The van der Waals surface area contributed by atoms with Crippen LogP contribution < -0.4 is 39.3 Å². The molecular formula is C25H51N7O10. The smallest absolute Gasteiger partial charge is 0.249 e. The lowest BCUT2D eigenvalue weighted by Gasteiger charge is -2.50. The van der Waals surface area contributed by atoms with Crippen molar-refractivity contribution in [3.63, 3.8) is 0 Å². The van der Waals surface area contributed by atoms with Crippen LogP contribution in [0.3, 0.4) is 0 Å². The summed E-state index contributed by atoms with van der Waals surface area (Å²) in [6.07, 6.45) is -8.16. The van der Waals surface area contributed by atoms with Crippen molar-refractivity contribution in [2.24, 2.45) is 34.6 Å². The number of carbonyl (C=O) groups excluding carboxylic acids is 1. The highest BCUT2D eigenvalue weighted by Gasteiger charge is 2.51. The summed E-state index contributed by atoms with van der Waals surface area (Å²) in [5, 5.41) is 56.4. The van der Waals surface area contributed by atoms with Crippen molar-refractivity contribution in [1.29, 1.82) is 0 Å². The molecule has 17 N–H and O–H groups in total. The van der Waals surface area contributed by atoms with Crippen molar-refractivity contribution in [1.82, 2.24) is 10.6 Å². The Morgan fingerprint density at radius 1 is 0.976 bits per heavy atom. The Morgan fingerprint density at radius 2 is 1.69 bits per heavy atom. The number of hydrogen-bond donors (Lipinski definition) is 12. The number of hydrogen-bond acceptors (Lipinski definition) is 16. The molecule has 1 aliphatic carbocycles. The zero-order chi connectivity index (χ0) is 31.0. The van der Waals surface area contributed by atoms with Gasteiger partial charge in [0.2, 0.25) is 5.91 Å². The third kappa shape index (κ3) is 8.74. The van der Waals surface area contributed by atoms with Gasteiger partial charge in [0.05, 0.1) is 49.7 Å². The molecule has 42 heavy (non-hydrogen) atoms. The van der Waals surface area contributed by atoms with Crippen LogP contribution in [0.4, 0.5) is 0 Å². The SMILES string of the molecule is NCC[C@H](O)C(=O)NC1CC(N)C(O[C@H]2OC(CN)CCC2N)C(CNCCO)[C@H]1O[C@H]1OC(CO)[C@H](O)C(N)C1O. The van der Waals surface area contributed by atoms with Crippen LogP contribution >= 0.6 is 0 Å². The summed E-state index contributed by atoms with van der Waals surface area (Å²) in [6, 6.07) is -3.15. The first-order valence-electron chi connectivity index (χ1n) is 14.6. The topological polar surface area (TPSA) is 309 Å². The highest BCUT2D eigenvalue weighted by atomic mass is 16.7. The molecule has 2 saturated heterocycles. The zero-order valence-electron chi connectivity index (χ0n) is 23.8. The second-order valence-corrected chi connectivity index (χ2v) is 11.3. The number of amides is 1. The van der Waals surface area contributed by atoms with Gasteiger partial charge in [0.1, 0.15) is 24.4 Å². The van der Waals surface area contributed by atoms with Gasteiger partial charge in [0.25, 0.3) is 0 Å². The van der Waals surface area contributed by atoms with Gasteiger partial charge in [0.15, 0.2) is 12.6 Å². The fourth-order valence-corrected chi connectivity index (χ4v) is 5.77. The van der Waals surface area contributed by atoms with Crippen LogP contribution in [0.2, 0.25) is 0 Å². The van der Waals surface area contributed by atoms with Gasteiger partial charge in [-0.05, 0) is 32.2 Å². The van der Waals surface area contributed by atoms with Gasteiger partial charge in [-0.1, -0.05) is 0 Å². The summed E-state index contributed by atoms with van der Waals surface area (Å²) >= 11 is 0. The van der Waals surface area contributed by atoms with Gasteiger partial charge in [0, 0.05) is 31.6 Å². The summed E-state index contributed by atoms with van der Waals surface area (Å²) in [4.78, 5) is 12.9. The molecule has 246 valence electrons. The Morgan fingerprint density at radius 3 is 2.33 bits per heavy atom. The van der Waals surface area contributed by atoms with Gasteiger partial charge >= 0.3 is 0 Å². The van der Waals surface area contributed by atoms with Crippen molar-refractivity contribution < 1.29 is 49.3 Å². The van der Waals surface area contributed by atoms with E-state index in [1.807, 2.05) is 0 Å². The lowest BCUT2D eigenvalue weighted by atomic mass is 9.77. The molecule has 3 aliphatic rings. The Balaban J connectivity index is 1.94. The molecule has 3 fully saturated rings. The van der Waals surface area contributed by atoms with E-state index in [1.165, 1.54) is 0 Å². The van der Waals surface area contributed by atoms with E-state index in [2.05, 4.69) is 10.6 Å². The van der Waals surface area contributed by atoms with Gasteiger partial charge in [-0.15, -0.1) is 0 Å². The Bertz CT molecular complexity index is 820. The molecule has 17 heteroatoms. The summed E-state index contributed by atoms with van der Waals surface area (Å²) in [5.41, 5.74) is 30.3. The van der Waals surface area contributed by atoms with Gasteiger partial charge in [-0.25, -0.2) is 0 Å². The van der Waals surface area contributed by atoms with E-state index in [9.17, 15) is 30.3 Å². The third-order valence-corrected chi connectivity index (χ3v) is 8.21. The van der Waals surface area contributed by atoms with E-state index in [4.69, 9.17) is 47.6 Å². The van der Waals surface area contributed by atoms with Crippen LogP contribution in [0.15, 0.2) is 0 Å². The predicted molar refractivity (Wildman–Crippen MR) is 148 cm³/mol. The molecule has 0 spiro atoms. The Hall–Kier alpha value is -1.13. The molecule has 0 bridgehead atoms. The number of aliphatic hydroxyl groups is 5. The lowest BCUT2D eigenvalue weighted by molar-refractivity contribution is -0.308. The molecule has 9 unspecified atom stereocenters. The second kappa shape index (κ2) is 16.8. The Kier molecular flexibility index (Phi) is 14.1. The third-order valence-electron chi connectivity index (χ3n) is 8.21. The number of nitrogens with one attached hydrogen (secondary N) is 2. The fraction of sp³-hybridized carbons (Fsp3) is 0.960. The van der Waals surface area contributed by atoms with Crippen molar-refractivity contribution in [2.45, 2.75) is 105 Å². The molecule has 3 rings (SSSR count). The number of aliphatic hydroxyl groups excluding tert-OH is 5. The average Bonchev–Trinajstić information content (AvgIpc) is 2.97. The molecule has 0 aromatic rings. The van der Waals surface area contributed by atoms with Crippen molar-refractivity contribution in [3.8, 4) is 0 Å². The van der Waals surface area contributed by atoms with E-state index in [0.717, 1.165) is 0 Å². The first-order valence-corrected chi connectivity index (χ1v) is 14.6. The molecule has 1 saturated carbocycles. The standard InChI is InChI=1S/C25H51N7O10/c26-4-3-16(35)23(38)32-15-7-14(29)21(41-24-13(28)2-1-11(8-27)39-24)12(9-31-5-6-33)22(15)42-25-20(37)18(30)19(36)17(10-34)40-25/h11-22,24-25,31,33-37H,1-10,26-30H2,(H,32,38)/t11?,12?,13?,14?,15?,16-,17?,18?,19-,20?,21?,22+,24+,25+/m0/s1. The molecule has 0 aromatic carbocycles. The van der Waals surface area contributed by atoms with Crippen molar-refractivity contribution in [2.75, 3.05) is 39.4 Å². The maximum absolute atomic E-state index is 12.9. The van der Waals surface area contributed by atoms with Crippen LogP contribution in [-0.2, 0) is 23.7 Å². The highest BCUT2D eigenvalue weighted by Crippen LogP contribution is 2.34. The minimum atomic E-state index is -1.50. The highest BCUT2D eigenvalue weighted by molar-refractivity contribution is 5.80. The molecule has 14 atom stereocenters.